The Kier molecular flexibility index (Phi) is 7.38. The maximum absolute atomic E-state index is 13.4. The number of halogens is 1. The van der Waals surface area contributed by atoms with Crippen molar-refractivity contribution in [3.05, 3.63) is 104 Å². The molecule has 5 rings (SSSR count). The fourth-order valence-corrected chi connectivity index (χ4v) is 5.23. The molecule has 10 heteroatoms. The van der Waals surface area contributed by atoms with Crippen molar-refractivity contribution >= 4 is 22.2 Å². The molecule has 1 unspecified atom stereocenters. The highest BCUT2D eigenvalue weighted by Gasteiger charge is 2.26. The van der Waals surface area contributed by atoms with E-state index in [-0.39, 0.29) is 17.4 Å². The van der Waals surface area contributed by atoms with Crippen LogP contribution in [0.15, 0.2) is 70.8 Å². The smallest absolute Gasteiger partial charge is 0.252 e. The summed E-state index contributed by atoms with van der Waals surface area (Å²) in [4.78, 5) is 19.5. The molecule has 37 heavy (non-hydrogen) atoms. The number of ether oxygens (including phenoxy) is 1. The van der Waals surface area contributed by atoms with E-state index in [2.05, 4.69) is 38.4 Å². The van der Waals surface area contributed by atoms with E-state index in [4.69, 9.17) is 4.74 Å². The zero-order valence-electron chi connectivity index (χ0n) is 20.6. The predicted octanol–water partition coefficient (Wildman–Crippen LogP) is 4.93. The molecule has 3 aromatic heterocycles. The Hall–Kier alpha value is -3.89. The van der Waals surface area contributed by atoms with E-state index in [1.807, 2.05) is 35.7 Å². The maximum atomic E-state index is 13.4. The lowest BCUT2D eigenvalue weighted by atomic mass is 10.1. The Balaban J connectivity index is 1.49. The number of nitrogens with zero attached hydrogens (tertiary/aromatic N) is 5. The number of benzene rings is 2. The van der Waals surface area contributed by atoms with E-state index in [0.717, 1.165) is 22.9 Å². The van der Waals surface area contributed by atoms with Gasteiger partial charge in [0.1, 0.15) is 11.6 Å². The van der Waals surface area contributed by atoms with E-state index in [1.165, 1.54) is 17.0 Å². The summed E-state index contributed by atoms with van der Waals surface area (Å²) in [5.41, 5.74) is 2.15. The van der Waals surface area contributed by atoms with Crippen LogP contribution >= 0.6 is 11.3 Å². The number of methoxy groups -OCH3 is 1. The topological polar surface area (TPSA) is 88.9 Å². The molecule has 8 nitrogen and oxygen atoms in total. The van der Waals surface area contributed by atoms with Crippen LogP contribution < -0.4 is 10.3 Å². The van der Waals surface area contributed by atoms with E-state index >= 15 is 0 Å². The van der Waals surface area contributed by atoms with Crippen LogP contribution in [0.25, 0.3) is 10.9 Å². The van der Waals surface area contributed by atoms with E-state index in [0.29, 0.717) is 36.8 Å². The fourth-order valence-electron chi connectivity index (χ4n) is 4.50. The number of pyridine rings is 1. The van der Waals surface area contributed by atoms with Gasteiger partial charge in [-0.15, -0.1) is 16.4 Å². The van der Waals surface area contributed by atoms with E-state index < -0.39 is 0 Å². The summed E-state index contributed by atoms with van der Waals surface area (Å²) in [6.45, 7) is 3.56. The molecule has 0 radical (unpaired) electrons. The average molecular weight is 519 g/mol. The minimum absolute atomic E-state index is 0.141. The summed E-state index contributed by atoms with van der Waals surface area (Å²) >= 11 is 1.67. The molecule has 1 N–H and O–H groups in total. The van der Waals surface area contributed by atoms with Gasteiger partial charge in [0.2, 0.25) is 0 Å². The van der Waals surface area contributed by atoms with Crippen LogP contribution in [-0.2, 0) is 19.6 Å². The lowest BCUT2D eigenvalue weighted by molar-refractivity contribution is 0.163. The third kappa shape index (κ3) is 5.60. The van der Waals surface area contributed by atoms with Gasteiger partial charge in [-0.3, -0.25) is 9.69 Å². The van der Waals surface area contributed by atoms with Crippen LogP contribution in [-0.4, -0.2) is 37.2 Å². The molecule has 0 aliphatic carbocycles. The first-order valence-corrected chi connectivity index (χ1v) is 12.9. The highest BCUT2D eigenvalue weighted by molar-refractivity contribution is 7.09. The number of hydrogen-bond acceptors (Lipinski definition) is 7. The molecule has 5 aromatic rings. The minimum Gasteiger partial charge on any atom is -0.497 e. The van der Waals surface area contributed by atoms with E-state index in [1.54, 1.807) is 35.3 Å². The number of tetrazole rings is 1. The summed E-state index contributed by atoms with van der Waals surface area (Å²) in [6.07, 6.45) is 0.734. The molecule has 0 saturated carbocycles. The Bertz CT molecular complexity index is 1530. The van der Waals surface area contributed by atoms with Gasteiger partial charge in [-0.2, -0.15) is 0 Å². The number of aromatic amines is 1. The summed E-state index contributed by atoms with van der Waals surface area (Å²) < 4.78 is 20.4. The molecule has 190 valence electrons. The van der Waals surface area contributed by atoms with Crippen LogP contribution in [0.1, 0.15) is 41.2 Å². The third-order valence-corrected chi connectivity index (χ3v) is 7.23. The van der Waals surface area contributed by atoms with Gasteiger partial charge in [-0.05, 0) is 69.6 Å². The zero-order chi connectivity index (χ0) is 25.8. The Labute approximate surface area is 217 Å². The van der Waals surface area contributed by atoms with Gasteiger partial charge in [0, 0.05) is 29.6 Å². The van der Waals surface area contributed by atoms with E-state index in [9.17, 15) is 9.18 Å². The van der Waals surface area contributed by atoms with Gasteiger partial charge in [0.15, 0.2) is 5.82 Å². The van der Waals surface area contributed by atoms with Crippen molar-refractivity contribution in [2.45, 2.75) is 39.0 Å². The Morgan fingerprint density at radius 3 is 2.70 bits per heavy atom. The van der Waals surface area contributed by atoms with Crippen molar-refractivity contribution < 1.29 is 9.13 Å². The highest BCUT2D eigenvalue weighted by atomic mass is 32.1. The molecule has 0 saturated heterocycles. The van der Waals surface area contributed by atoms with Gasteiger partial charge in [-0.1, -0.05) is 25.1 Å². The number of nitrogens with one attached hydrogen (secondary N) is 1. The average Bonchev–Trinajstić information content (AvgIpc) is 3.58. The largest absolute Gasteiger partial charge is 0.497 e. The normalized spacial score (nSPS) is 12.3. The molecular weight excluding hydrogens is 491 g/mol. The molecule has 0 spiro atoms. The van der Waals surface area contributed by atoms with Crippen molar-refractivity contribution in [3.8, 4) is 5.75 Å². The molecule has 0 fully saturated rings. The first kappa shape index (κ1) is 24.8. The summed E-state index contributed by atoms with van der Waals surface area (Å²) in [6, 6.07) is 17.9. The number of fused-ring (bicyclic) bond motifs is 1. The van der Waals surface area contributed by atoms with Crippen molar-refractivity contribution in [2.24, 2.45) is 0 Å². The molecular formula is C27H27FN6O2S. The standard InChI is InChI=1S/C27H27FN6O2S/c1-3-25(26-30-31-32-34(26)15-18-6-9-21(28)10-7-18)33(17-23-5-4-12-37-23)16-20-13-19-8-11-22(36-2)14-24(19)29-27(20)35/h4-14,25H,3,15-17H2,1-2H3,(H,29,35). The third-order valence-electron chi connectivity index (χ3n) is 6.37. The number of thiophene rings is 1. The van der Waals surface area contributed by atoms with Crippen molar-refractivity contribution in [2.75, 3.05) is 7.11 Å². The number of H-pyrrole nitrogens is 1. The minimum atomic E-state index is -0.284. The molecule has 0 amide bonds. The first-order chi connectivity index (χ1) is 18.0. The Morgan fingerprint density at radius 2 is 1.97 bits per heavy atom. The molecule has 0 aliphatic rings. The first-order valence-electron chi connectivity index (χ1n) is 12.0. The summed E-state index contributed by atoms with van der Waals surface area (Å²) in [5.74, 6) is 1.10. The summed E-state index contributed by atoms with van der Waals surface area (Å²) in [7, 11) is 1.60. The Morgan fingerprint density at radius 1 is 1.14 bits per heavy atom. The number of rotatable bonds is 10. The lowest BCUT2D eigenvalue weighted by Gasteiger charge is -2.30. The summed E-state index contributed by atoms with van der Waals surface area (Å²) in [5, 5.41) is 15.5. The molecule has 2 aromatic carbocycles. The molecule has 0 bridgehead atoms. The fraction of sp³-hybridized carbons (Fsp3) is 0.259. The SMILES string of the molecule is CCC(c1nnnn1Cc1ccc(F)cc1)N(Cc1cccs1)Cc1cc2ccc(OC)cc2[nH]c1=O. The van der Waals surface area contributed by atoms with Gasteiger partial charge in [0.25, 0.3) is 5.56 Å². The van der Waals surface area contributed by atoms with Gasteiger partial charge in [0.05, 0.1) is 25.2 Å². The van der Waals surface area contributed by atoms with Crippen LogP contribution in [0.2, 0.25) is 0 Å². The van der Waals surface area contributed by atoms with Gasteiger partial charge < -0.3 is 9.72 Å². The zero-order valence-corrected chi connectivity index (χ0v) is 21.4. The van der Waals surface area contributed by atoms with Crippen molar-refractivity contribution in [1.82, 2.24) is 30.1 Å². The quantitative estimate of drug-likeness (QED) is 0.282. The van der Waals surface area contributed by atoms with Gasteiger partial charge >= 0.3 is 0 Å². The van der Waals surface area contributed by atoms with Crippen LogP contribution in [0.5, 0.6) is 5.75 Å². The maximum Gasteiger partial charge on any atom is 0.252 e. The molecule has 3 heterocycles. The van der Waals surface area contributed by atoms with Crippen molar-refractivity contribution in [1.29, 1.82) is 0 Å². The second kappa shape index (κ2) is 11.0. The van der Waals surface area contributed by atoms with Crippen molar-refractivity contribution in [3.63, 3.8) is 0 Å². The molecule has 1 atom stereocenters. The number of aromatic nitrogens is 5. The van der Waals surface area contributed by atoms with Crippen LogP contribution in [0.3, 0.4) is 0 Å². The lowest BCUT2D eigenvalue weighted by Crippen LogP contribution is -2.32. The second-order valence-corrected chi connectivity index (χ2v) is 9.84. The molecule has 0 aliphatic heterocycles. The second-order valence-electron chi connectivity index (χ2n) is 8.81. The number of hydrogen-bond donors (Lipinski definition) is 1. The van der Waals surface area contributed by atoms with Crippen LogP contribution in [0.4, 0.5) is 4.39 Å². The predicted molar refractivity (Wildman–Crippen MR) is 141 cm³/mol. The monoisotopic (exact) mass is 518 g/mol. The van der Waals surface area contributed by atoms with Gasteiger partial charge in [-0.25, -0.2) is 9.07 Å². The highest BCUT2D eigenvalue weighted by Crippen LogP contribution is 2.28. The van der Waals surface area contributed by atoms with Crippen LogP contribution in [0, 0.1) is 5.82 Å².